The molecule has 0 amide bonds. The van der Waals surface area contributed by atoms with Gasteiger partial charge in [-0.05, 0) is 81.9 Å². The van der Waals surface area contributed by atoms with Crippen LogP contribution in [-0.4, -0.2) is 47.3 Å². The van der Waals surface area contributed by atoms with E-state index in [1.54, 1.807) is 6.07 Å². The van der Waals surface area contributed by atoms with Crippen LogP contribution in [0.4, 0.5) is 27.5 Å². The number of tetrazole rings is 1. The zero-order valence-electron chi connectivity index (χ0n) is 20.3. The molecular formula is C24H29FN10. The monoisotopic (exact) mass is 476 g/mol. The van der Waals surface area contributed by atoms with Gasteiger partial charge in [0.05, 0.1) is 12.3 Å². The van der Waals surface area contributed by atoms with Gasteiger partial charge < -0.3 is 16.0 Å². The summed E-state index contributed by atoms with van der Waals surface area (Å²) in [6.07, 6.45) is 6.58. The average Bonchev–Trinajstić information content (AvgIpc) is 3.43. The molecule has 1 saturated carbocycles. The number of piperidine rings is 1. The average molecular weight is 477 g/mol. The Balaban J connectivity index is 1.43. The Morgan fingerprint density at radius 3 is 2.54 bits per heavy atom. The third-order valence-electron chi connectivity index (χ3n) is 6.37. The Morgan fingerprint density at radius 1 is 1.17 bits per heavy atom. The molecule has 5 rings (SSSR count). The van der Waals surface area contributed by atoms with Crippen molar-refractivity contribution in [1.82, 2.24) is 35.5 Å². The molecule has 1 aromatic carbocycles. The molecule has 2 aromatic heterocycles. The molecule has 3 aromatic rings. The van der Waals surface area contributed by atoms with E-state index in [4.69, 9.17) is 6.57 Å². The highest BCUT2D eigenvalue weighted by Gasteiger charge is 2.38. The highest BCUT2D eigenvalue weighted by atomic mass is 19.1. The minimum absolute atomic E-state index is 0.0563. The summed E-state index contributed by atoms with van der Waals surface area (Å²) in [7, 11) is 0. The minimum Gasteiger partial charge on any atom is -0.376 e. The Hall–Kier alpha value is -3.65. The minimum atomic E-state index is -0.321. The Bertz CT molecular complexity index is 1260. The number of anilines is 3. The van der Waals surface area contributed by atoms with E-state index in [1.807, 2.05) is 0 Å². The van der Waals surface area contributed by atoms with Gasteiger partial charge in [0.15, 0.2) is 0 Å². The van der Waals surface area contributed by atoms with Gasteiger partial charge in [-0.2, -0.15) is 0 Å². The van der Waals surface area contributed by atoms with Gasteiger partial charge >= 0.3 is 0 Å². The molecule has 3 N–H and O–H groups in total. The zero-order chi connectivity index (χ0) is 24.8. The van der Waals surface area contributed by atoms with Gasteiger partial charge in [0.1, 0.15) is 18.0 Å². The van der Waals surface area contributed by atoms with E-state index in [0.29, 0.717) is 28.4 Å². The second-order valence-electron chi connectivity index (χ2n) is 10.7. The van der Waals surface area contributed by atoms with E-state index in [-0.39, 0.29) is 34.8 Å². The molecule has 0 atom stereocenters. The lowest BCUT2D eigenvalue weighted by atomic mass is 9.79. The molecule has 0 spiro atoms. The van der Waals surface area contributed by atoms with Crippen molar-refractivity contribution in [3.63, 3.8) is 0 Å². The molecule has 0 bridgehead atoms. The van der Waals surface area contributed by atoms with Crippen molar-refractivity contribution in [2.24, 2.45) is 0 Å². The number of aromatic nitrogens is 6. The summed E-state index contributed by atoms with van der Waals surface area (Å²) in [5, 5.41) is 21.6. The van der Waals surface area contributed by atoms with Crippen LogP contribution in [-0.2, 0) is 0 Å². The van der Waals surface area contributed by atoms with Gasteiger partial charge in [-0.3, -0.25) is 0 Å². The van der Waals surface area contributed by atoms with Crippen LogP contribution < -0.4 is 16.0 Å². The molecule has 35 heavy (non-hydrogen) atoms. The molecule has 1 aliphatic carbocycles. The second kappa shape index (κ2) is 8.53. The van der Waals surface area contributed by atoms with Crippen LogP contribution in [0.2, 0.25) is 0 Å². The lowest BCUT2D eigenvalue weighted by Gasteiger charge is -2.46. The topological polar surface area (TPSA) is 110 Å². The van der Waals surface area contributed by atoms with Crippen molar-refractivity contribution in [3.05, 3.63) is 47.5 Å². The van der Waals surface area contributed by atoms with Crippen LogP contribution in [0.3, 0.4) is 0 Å². The summed E-state index contributed by atoms with van der Waals surface area (Å²) in [5.41, 5.74) is 1.91. The predicted molar refractivity (Wildman–Crippen MR) is 131 cm³/mol. The fraction of sp³-hybridized carbons (Fsp3) is 0.500. The van der Waals surface area contributed by atoms with Crippen molar-refractivity contribution in [1.29, 1.82) is 0 Å². The first kappa shape index (κ1) is 23.1. The first-order valence-electron chi connectivity index (χ1n) is 11.8. The number of benzene rings is 1. The van der Waals surface area contributed by atoms with Crippen molar-refractivity contribution in [3.8, 4) is 5.69 Å². The van der Waals surface area contributed by atoms with Crippen molar-refractivity contribution < 1.29 is 4.39 Å². The van der Waals surface area contributed by atoms with Crippen LogP contribution in [0.25, 0.3) is 10.5 Å². The van der Waals surface area contributed by atoms with Crippen LogP contribution in [0.15, 0.2) is 24.7 Å². The molecule has 0 unspecified atom stereocenters. The highest BCUT2D eigenvalue weighted by Crippen LogP contribution is 2.45. The third kappa shape index (κ3) is 5.07. The van der Waals surface area contributed by atoms with Crippen LogP contribution >= 0.6 is 0 Å². The van der Waals surface area contributed by atoms with Crippen molar-refractivity contribution in [2.75, 3.05) is 10.6 Å². The van der Waals surface area contributed by atoms with Crippen LogP contribution in [0, 0.1) is 12.4 Å². The number of halogens is 1. The number of nitrogens with one attached hydrogen (secondary N) is 3. The maximum atomic E-state index is 15.1. The van der Waals surface area contributed by atoms with Crippen LogP contribution in [0.5, 0.6) is 0 Å². The first-order chi connectivity index (χ1) is 16.6. The van der Waals surface area contributed by atoms with Gasteiger partial charge in [0, 0.05) is 34.6 Å². The normalized spacial score (nSPS) is 19.2. The summed E-state index contributed by atoms with van der Waals surface area (Å²) in [5.74, 6) is 0.588. The smallest absolute Gasteiger partial charge is 0.246 e. The lowest BCUT2D eigenvalue weighted by Crippen LogP contribution is -2.60. The largest absolute Gasteiger partial charge is 0.376 e. The molecular weight excluding hydrogens is 447 g/mol. The molecule has 1 saturated heterocycles. The summed E-state index contributed by atoms with van der Waals surface area (Å²) >= 11 is 0. The van der Waals surface area contributed by atoms with E-state index >= 15 is 4.39 Å². The first-order valence-corrected chi connectivity index (χ1v) is 11.8. The maximum absolute atomic E-state index is 15.1. The van der Waals surface area contributed by atoms with Gasteiger partial charge in [-0.25, -0.2) is 23.9 Å². The molecule has 1 aliphatic heterocycles. The molecule has 10 nitrogen and oxygen atoms in total. The Morgan fingerprint density at radius 2 is 1.91 bits per heavy atom. The quantitative estimate of drug-likeness (QED) is 0.447. The van der Waals surface area contributed by atoms with E-state index in [2.05, 4.69) is 74.0 Å². The summed E-state index contributed by atoms with van der Waals surface area (Å²) in [4.78, 5) is 12.5. The van der Waals surface area contributed by atoms with Gasteiger partial charge in [0.25, 0.3) is 0 Å². The van der Waals surface area contributed by atoms with Gasteiger partial charge in [-0.1, -0.05) is 0 Å². The standard InChI is InChI=1S/C24H29FN10/c1-23(2)10-16(11-24(3,4)32-23)29-21-18(26-5)12-27-22(31-21)30-15-8-17(25)20(14-6-7-14)19(9-15)35-13-28-33-34-35/h8-9,12-14,16,32H,6-7,10-11H2,1-4H3,(H2,27,29,30,31). The molecule has 3 heterocycles. The lowest BCUT2D eigenvalue weighted by molar-refractivity contribution is 0.170. The molecule has 2 aliphatic rings. The zero-order valence-corrected chi connectivity index (χ0v) is 20.3. The summed E-state index contributed by atoms with van der Waals surface area (Å²) in [6, 6.07) is 3.37. The SMILES string of the molecule is [C-]#[N+]c1cnc(Nc2cc(F)c(C3CC3)c(-n3cnnn3)c2)nc1NC1CC(C)(C)NC(C)(C)C1. The fourth-order valence-corrected chi connectivity index (χ4v) is 5.28. The fourth-order valence-electron chi connectivity index (χ4n) is 5.28. The molecule has 0 radical (unpaired) electrons. The third-order valence-corrected chi connectivity index (χ3v) is 6.37. The van der Waals surface area contributed by atoms with E-state index in [9.17, 15) is 0 Å². The molecule has 11 heteroatoms. The highest BCUT2D eigenvalue weighted by molar-refractivity contribution is 5.68. The molecule has 2 fully saturated rings. The summed E-state index contributed by atoms with van der Waals surface area (Å²) in [6.45, 7) is 16.3. The number of rotatable bonds is 6. The van der Waals surface area contributed by atoms with Crippen molar-refractivity contribution in [2.45, 2.75) is 76.4 Å². The van der Waals surface area contributed by atoms with Gasteiger partial charge in [-0.15, -0.1) is 5.10 Å². The number of nitrogens with zero attached hydrogens (tertiary/aromatic N) is 7. The number of hydrogen-bond donors (Lipinski definition) is 3. The second-order valence-corrected chi connectivity index (χ2v) is 10.7. The van der Waals surface area contributed by atoms with Crippen LogP contribution in [0.1, 0.15) is 64.9 Å². The Kier molecular flexibility index (Phi) is 5.63. The van der Waals surface area contributed by atoms with Gasteiger partial charge in [0.2, 0.25) is 11.6 Å². The van der Waals surface area contributed by atoms with Crippen molar-refractivity contribution >= 4 is 23.1 Å². The van der Waals surface area contributed by atoms with E-state index in [0.717, 1.165) is 25.7 Å². The maximum Gasteiger partial charge on any atom is 0.246 e. The predicted octanol–water partition coefficient (Wildman–Crippen LogP) is 4.48. The summed E-state index contributed by atoms with van der Waals surface area (Å²) < 4.78 is 16.6. The van der Waals surface area contributed by atoms with E-state index in [1.165, 1.54) is 23.3 Å². The molecule has 182 valence electrons. The van der Waals surface area contributed by atoms with E-state index < -0.39 is 0 Å². The Labute approximate surface area is 203 Å². The number of hydrogen-bond acceptors (Lipinski definition) is 8.